The fraction of sp³-hybridized carbons (Fsp3) is 0.259. The van der Waals surface area contributed by atoms with E-state index in [2.05, 4.69) is 10.8 Å². The molecule has 1 aliphatic carbocycles. The van der Waals surface area contributed by atoms with Gasteiger partial charge in [-0.15, -0.1) is 0 Å². The summed E-state index contributed by atoms with van der Waals surface area (Å²) < 4.78 is 115. The molecule has 1 aliphatic rings. The zero-order valence-electron chi connectivity index (χ0n) is 18.7. The molecule has 0 bridgehead atoms. The highest BCUT2D eigenvalue weighted by Gasteiger charge is 2.35. The van der Waals surface area contributed by atoms with Gasteiger partial charge in [-0.3, -0.25) is 0 Å². The highest BCUT2D eigenvalue weighted by Crippen LogP contribution is 2.37. The molecule has 4 rings (SSSR count). The summed E-state index contributed by atoms with van der Waals surface area (Å²) in [7, 11) is 0. The maximum absolute atomic E-state index is 14.8. The molecule has 0 fully saturated rings. The first-order valence-electron chi connectivity index (χ1n) is 10.9. The Balaban J connectivity index is 1.61. The molecule has 0 saturated carbocycles. The van der Waals surface area contributed by atoms with Crippen molar-refractivity contribution in [3.63, 3.8) is 0 Å². The molecule has 0 amide bonds. The molecule has 9 heteroatoms. The van der Waals surface area contributed by atoms with Crippen LogP contribution < -0.4 is 4.74 Å². The van der Waals surface area contributed by atoms with Crippen LogP contribution in [0.25, 0.3) is 10.8 Å². The first-order valence-corrected chi connectivity index (χ1v) is 10.9. The van der Waals surface area contributed by atoms with Gasteiger partial charge in [-0.1, -0.05) is 29.7 Å². The normalized spacial score (nSPS) is 16.4. The second-order valence-corrected chi connectivity index (χ2v) is 8.56. The van der Waals surface area contributed by atoms with E-state index in [1.165, 1.54) is 23.6 Å². The minimum atomic E-state index is -5.03. The Kier molecular flexibility index (Phi) is 6.74. The molecule has 36 heavy (non-hydrogen) atoms. The quantitative estimate of drug-likeness (QED) is 0.194. The fourth-order valence-corrected chi connectivity index (χ4v) is 4.12. The molecule has 188 valence electrons. The van der Waals surface area contributed by atoms with Crippen LogP contribution in [0, 0.1) is 29.3 Å². The molecule has 1 nitrogen and oxygen atoms in total. The van der Waals surface area contributed by atoms with Gasteiger partial charge in [0, 0.05) is 12.0 Å². The van der Waals surface area contributed by atoms with Crippen molar-refractivity contribution in [2.24, 2.45) is 0 Å². The largest absolute Gasteiger partial charge is 0.458 e. The Bertz CT molecular complexity index is 1390. The molecule has 0 heterocycles. The Morgan fingerprint density at radius 1 is 0.917 bits per heavy atom. The van der Waals surface area contributed by atoms with Crippen LogP contribution in [0.15, 0.2) is 54.1 Å². The van der Waals surface area contributed by atoms with Gasteiger partial charge >= 0.3 is 12.3 Å². The van der Waals surface area contributed by atoms with E-state index in [0.717, 1.165) is 30.9 Å². The molecule has 1 unspecified atom stereocenters. The van der Waals surface area contributed by atoms with Crippen LogP contribution in [0.5, 0.6) is 5.75 Å². The third-order valence-electron chi connectivity index (χ3n) is 5.99. The number of fused-ring (bicyclic) bond motifs is 1. The number of hydrogen-bond acceptors (Lipinski definition) is 1. The Hall–Kier alpha value is -3.54. The summed E-state index contributed by atoms with van der Waals surface area (Å²) in [5.41, 5.74) is 0.381. The van der Waals surface area contributed by atoms with E-state index in [9.17, 15) is 35.1 Å². The molecule has 0 spiro atoms. The van der Waals surface area contributed by atoms with Gasteiger partial charge in [0.15, 0.2) is 5.82 Å². The van der Waals surface area contributed by atoms with Crippen molar-refractivity contribution in [3.05, 3.63) is 88.3 Å². The summed E-state index contributed by atoms with van der Waals surface area (Å²) in [5.74, 6) is -3.12. The molecule has 0 N–H and O–H groups in total. The predicted molar refractivity (Wildman–Crippen MR) is 118 cm³/mol. The van der Waals surface area contributed by atoms with Gasteiger partial charge in [0.2, 0.25) is 0 Å². The molecule has 0 aromatic heterocycles. The molecule has 3 aromatic rings. The summed E-state index contributed by atoms with van der Waals surface area (Å²) in [6.45, 7) is 2.04. The molecule has 3 aromatic carbocycles. The first kappa shape index (κ1) is 25.5. The first-order chi connectivity index (χ1) is 16.8. The second kappa shape index (κ2) is 9.49. The van der Waals surface area contributed by atoms with E-state index in [1.807, 2.05) is 6.92 Å². The van der Waals surface area contributed by atoms with Crippen molar-refractivity contribution >= 4 is 10.8 Å². The summed E-state index contributed by atoms with van der Waals surface area (Å²) in [5, 5.41) is -1.43. The Labute approximate surface area is 201 Å². The third-order valence-corrected chi connectivity index (χ3v) is 5.99. The summed E-state index contributed by atoms with van der Waals surface area (Å²) in [6.07, 6.45) is -4.17. The topological polar surface area (TPSA) is 9.23 Å². The number of halogens is 8. The lowest BCUT2D eigenvalue weighted by Crippen LogP contribution is -2.22. The van der Waals surface area contributed by atoms with Crippen molar-refractivity contribution in [2.75, 3.05) is 0 Å². The number of allylic oxidation sites excluding steroid dienone is 2. The monoisotopic (exact) mass is 510 g/mol. The summed E-state index contributed by atoms with van der Waals surface area (Å²) >= 11 is 0. The van der Waals surface area contributed by atoms with Crippen LogP contribution in [-0.2, 0) is 6.11 Å². The zero-order chi connectivity index (χ0) is 26.3. The van der Waals surface area contributed by atoms with Crippen LogP contribution >= 0.6 is 0 Å². The van der Waals surface area contributed by atoms with Crippen molar-refractivity contribution in [2.45, 2.75) is 44.4 Å². The number of rotatable bonds is 4. The van der Waals surface area contributed by atoms with Crippen molar-refractivity contribution in [1.82, 2.24) is 0 Å². The molecular formula is C27H18F8O. The van der Waals surface area contributed by atoms with Crippen LogP contribution in [0.3, 0.4) is 0 Å². The molecule has 1 atom stereocenters. The lowest BCUT2D eigenvalue weighted by Gasteiger charge is -2.22. The van der Waals surface area contributed by atoms with Crippen LogP contribution in [0.2, 0.25) is 0 Å². The molecule has 0 aliphatic heterocycles. The van der Waals surface area contributed by atoms with Gasteiger partial charge < -0.3 is 4.74 Å². The van der Waals surface area contributed by atoms with Crippen molar-refractivity contribution < 1.29 is 39.9 Å². The second-order valence-electron chi connectivity index (χ2n) is 8.56. The van der Waals surface area contributed by atoms with E-state index in [-0.39, 0.29) is 5.92 Å². The highest BCUT2D eigenvalue weighted by molar-refractivity contribution is 5.87. The van der Waals surface area contributed by atoms with Gasteiger partial charge in [-0.25, -0.2) is 13.2 Å². The van der Waals surface area contributed by atoms with Crippen LogP contribution in [-0.4, -0.2) is 6.18 Å². The van der Waals surface area contributed by atoms with Crippen molar-refractivity contribution in [3.8, 4) is 17.6 Å². The number of ether oxygens (including phenoxy) is 1. The fourth-order valence-electron chi connectivity index (χ4n) is 4.12. The van der Waals surface area contributed by atoms with E-state index in [0.29, 0.717) is 18.1 Å². The Morgan fingerprint density at radius 3 is 2.22 bits per heavy atom. The molecule has 0 saturated heterocycles. The van der Waals surface area contributed by atoms with E-state index >= 15 is 0 Å². The summed E-state index contributed by atoms with van der Waals surface area (Å²) in [6, 6.07) is 7.25. The van der Waals surface area contributed by atoms with E-state index < -0.39 is 57.4 Å². The lowest BCUT2D eigenvalue weighted by atomic mass is 9.85. The number of hydrogen-bond donors (Lipinski definition) is 0. The van der Waals surface area contributed by atoms with Crippen LogP contribution in [0.1, 0.15) is 48.8 Å². The number of alkyl halides is 5. The maximum atomic E-state index is 14.8. The highest BCUT2D eigenvalue weighted by atomic mass is 19.4. The summed E-state index contributed by atoms with van der Waals surface area (Å²) in [4.78, 5) is 0. The van der Waals surface area contributed by atoms with Crippen molar-refractivity contribution in [1.29, 1.82) is 0 Å². The van der Waals surface area contributed by atoms with Gasteiger partial charge in [0.1, 0.15) is 17.4 Å². The lowest BCUT2D eigenvalue weighted by molar-refractivity contribution is -0.185. The SMILES string of the molecule is CC1=CCC(c2ccc(C(F)(F)Oc3cc(F)c4c(F)c(C#CC(F)(F)F)c(F)cc4c3)cc2)CC1. The smallest absolute Gasteiger partial charge is 0.429 e. The number of benzene rings is 3. The van der Waals surface area contributed by atoms with Gasteiger partial charge in [-0.05, 0) is 67.3 Å². The van der Waals surface area contributed by atoms with Gasteiger partial charge in [0.25, 0.3) is 0 Å². The molecular weight excluding hydrogens is 492 g/mol. The minimum absolute atomic E-state index is 0.211. The maximum Gasteiger partial charge on any atom is 0.458 e. The average Bonchev–Trinajstić information content (AvgIpc) is 2.78. The standard InChI is InChI=1S/C27H18F8O/c1-15-2-4-16(5-3-15)17-6-8-19(9-7-17)27(34,35)36-20-12-18-13-22(28)21(10-11-26(31,32)33)25(30)24(18)23(29)14-20/h2,6-9,12-14,16H,3-5H2,1H3. The van der Waals surface area contributed by atoms with Gasteiger partial charge in [0.05, 0.1) is 16.5 Å². The Morgan fingerprint density at radius 2 is 1.61 bits per heavy atom. The minimum Gasteiger partial charge on any atom is -0.429 e. The predicted octanol–water partition coefficient (Wildman–Crippen LogP) is 8.51. The zero-order valence-corrected chi connectivity index (χ0v) is 18.7. The third kappa shape index (κ3) is 5.48. The van der Waals surface area contributed by atoms with E-state index in [4.69, 9.17) is 0 Å². The van der Waals surface area contributed by atoms with E-state index in [1.54, 1.807) is 12.1 Å². The average molecular weight is 510 g/mol. The van der Waals surface area contributed by atoms with Crippen LogP contribution in [0.4, 0.5) is 35.1 Å². The van der Waals surface area contributed by atoms with Gasteiger partial charge in [-0.2, -0.15) is 22.0 Å². The molecule has 0 radical (unpaired) electrons.